The second-order valence-electron chi connectivity index (χ2n) is 4.65. The molecule has 2 N–H and O–H groups in total. The molecule has 0 radical (unpaired) electrons. The Labute approximate surface area is 90.1 Å². The molecular formula is C11H19N3O. The van der Waals surface area contributed by atoms with Crippen molar-refractivity contribution in [1.82, 2.24) is 9.78 Å². The van der Waals surface area contributed by atoms with Crippen LogP contribution in [0.5, 0.6) is 0 Å². The Bertz CT molecular complexity index is 382. The number of rotatable bonds is 4. The van der Waals surface area contributed by atoms with Gasteiger partial charge in [0.1, 0.15) is 0 Å². The van der Waals surface area contributed by atoms with Crippen LogP contribution in [0.1, 0.15) is 26.0 Å². The molecular weight excluding hydrogens is 190 g/mol. The lowest BCUT2D eigenvalue weighted by atomic mass is 9.90. The molecule has 0 aliphatic rings. The third-order valence-corrected chi connectivity index (χ3v) is 2.55. The van der Waals surface area contributed by atoms with Crippen molar-refractivity contribution in [2.24, 2.45) is 11.1 Å². The fraction of sp³-hybridized carbons (Fsp3) is 0.636. The molecule has 0 atom stereocenters. The Morgan fingerprint density at radius 3 is 2.73 bits per heavy atom. The fourth-order valence-electron chi connectivity index (χ4n) is 1.22. The van der Waals surface area contributed by atoms with E-state index in [1.54, 1.807) is 12.1 Å². The number of hydrogen-bond donors (Lipinski definition) is 1. The Balaban J connectivity index is 2.73. The van der Waals surface area contributed by atoms with Gasteiger partial charge >= 0.3 is 0 Å². The predicted molar refractivity (Wildman–Crippen MR) is 60.7 cm³/mol. The van der Waals surface area contributed by atoms with Crippen LogP contribution in [0.3, 0.4) is 0 Å². The first-order chi connectivity index (χ1) is 6.94. The Morgan fingerprint density at radius 1 is 1.47 bits per heavy atom. The van der Waals surface area contributed by atoms with Crippen molar-refractivity contribution >= 4 is 0 Å². The maximum Gasteiger partial charge on any atom is 0.266 e. The smallest absolute Gasteiger partial charge is 0.266 e. The Hall–Kier alpha value is -1.16. The van der Waals surface area contributed by atoms with E-state index in [0.717, 1.165) is 12.1 Å². The van der Waals surface area contributed by atoms with E-state index in [-0.39, 0.29) is 11.0 Å². The van der Waals surface area contributed by atoms with E-state index in [0.29, 0.717) is 13.1 Å². The van der Waals surface area contributed by atoms with Crippen molar-refractivity contribution in [2.75, 3.05) is 6.54 Å². The number of nitrogens with zero attached hydrogens (tertiary/aromatic N) is 2. The minimum Gasteiger partial charge on any atom is -0.330 e. The summed E-state index contributed by atoms with van der Waals surface area (Å²) in [7, 11) is 0. The highest BCUT2D eigenvalue weighted by Crippen LogP contribution is 2.18. The van der Waals surface area contributed by atoms with Crippen molar-refractivity contribution in [2.45, 2.75) is 33.7 Å². The first-order valence-corrected chi connectivity index (χ1v) is 5.19. The highest BCUT2D eigenvalue weighted by molar-refractivity contribution is 4.97. The lowest BCUT2D eigenvalue weighted by Crippen LogP contribution is -2.29. The molecule has 0 aliphatic carbocycles. The molecule has 15 heavy (non-hydrogen) atoms. The number of nitrogens with two attached hydrogens (primary N) is 1. The first-order valence-electron chi connectivity index (χ1n) is 5.19. The van der Waals surface area contributed by atoms with Crippen molar-refractivity contribution in [3.05, 3.63) is 28.2 Å². The standard InChI is InChI=1S/C11H19N3O/c1-9-4-5-10(15)14(13-9)7-6-11(2,3)8-12/h4-5H,6-8,12H2,1-3H3. The SMILES string of the molecule is Cc1ccc(=O)n(CCC(C)(C)CN)n1. The van der Waals surface area contributed by atoms with Crippen LogP contribution in [0.4, 0.5) is 0 Å². The van der Waals surface area contributed by atoms with Crippen molar-refractivity contribution in [3.63, 3.8) is 0 Å². The van der Waals surface area contributed by atoms with Gasteiger partial charge in [0, 0.05) is 12.6 Å². The average molecular weight is 209 g/mol. The van der Waals surface area contributed by atoms with Crippen LogP contribution >= 0.6 is 0 Å². The monoisotopic (exact) mass is 209 g/mol. The van der Waals surface area contributed by atoms with Gasteiger partial charge in [0.25, 0.3) is 5.56 Å². The normalized spacial score (nSPS) is 11.7. The number of aromatic nitrogens is 2. The summed E-state index contributed by atoms with van der Waals surface area (Å²) in [6, 6.07) is 3.28. The van der Waals surface area contributed by atoms with Crippen LogP contribution in [-0.2, 0) is 6.54 Å². The second-order valence-corrected chi connectivity index (χ2v) is 4.65. The molecule has 0 fully saturated rings. The van der Waals surface area contributed by atoms with Crippen LogP contribution in [0.15, 0.2) is 16.9 Å². The van der Waals surface area contributed by atoms with Gasteiger partial charge in [0.15, 0.2) is 0 Å². The van der Waals surface area contributed by atoms with Crippen LogP contribution in [0, 0.1) is 12.3 Å². The molecule has 0 saturated heterocycles. The highest BCUT2D eigenvalue weighted by atomic mass is 16.1. The van der Waals surface area contributed by atoms with Crippen molar-refractivity contribution in [1.29, 1.82) is 0 Å². The van der Waals surface area contributed by atoms with E-state index < -0.39 is 0 Å². The summed E-state index contributed by atoms with van der Waals surface area (Å²) in [5, 5.41) is 4.17. The Kier molecular flexibility index (Phi) is 3.63. The molecule has 0 aliphatic heterocycles. The highest BCUT2D eigenvalue weighted by Gasteiger charge is 2.15. The van der Waals surface area contributed by atoms with E-state index in [9.17, 15) is 4.79 Å². The van der Waals surface area contributed by atoms with E-state index in [4.69, 9.17) is 5.73 Å². The summed E-state index contributed by atoms with van der Waals surface area (Å²) >= 11 is 0. The van der Waals surface area contributed by atoms with Gasteiger partial charge in [-0.15, -0.1) is 0 Å². The molecule has 0 aromatic carbocycles. The van der Waals surface area contributed by atoms with Crippen LogP contribution in [0.2, 0.25) is 0 Å². The summed E-state index contributed by atoms with van der Waals surface area (Å²) in [6.07, 6.45) is 0.861. The minimum atomic E-state index is -0.0478. The van der Waals surface area contributed by atoms with E-state index in [1.165, 1.54) is 4.68 Å². The van der Waals surface area contributed by atoms with Crippen molar-refractivity contribution < 1.29 is 0 Å². The molecule has 0 spiro atoms. The van der Waals surface area contributed by atoms with Gasteiger partial charge in [-0.3, -0.25) is 4.79 Å². The largest absolute Gasteiger partial charge is 0.330 e. The molecule has 0 saturated carbocycles. The zero-order valence-corrected chi connectivity index (χ0v) is 9.66. The molecule has 0 bridgehead atoms. The molecule has 1 aromatic heterocycles. The van der Waals surface area contributed by atoms with Gasteiger partial charge in [-0.1, -0.05) is 13.8 Å². The molecule has 1 aromatic rings. The van der Waals surface area contributed by atoms with Crippen LogP contribution in [-0.4, -0.2) is 16.3 Å². The van der Waals surface area contributed by atoms with E-state index in [2.05, 4.69) is 18.9 Å². The molecule has 4 nitrogen and oxygen atoms in total. The summed E-state index contributed by atoms with van der Waals surface area (Å²) < 4.78 is 1.51. The zero-order valence-electron chi connectivity index (χ0n) is 9.66. The summed E-state index contributed by atoms with van der Waals surface area (Å²) in [4.78, 5) is 11.4. The van der Waals surface area contributed by atoms with Gasteiger partial charge < -0.3 is 5.73 Å². The van der Waals surface area contributed by atoms with E-state index >= 15 is 0 Å². The van der Waals surface area contributed by atoms with Gasteiger partial charge in [-0.25, -0.2) is 4.68 Å². The van der Waals surface area contributed by atoms with Crippen LogP contribution < -0.4 is 11.3 Å². The lowest BCUT2D eigenvalue weighted by Gasteiger charge is -2.22. The maximum absolute atomic E-state index is 11.4. The van der Waals surface area contributed by atoms with Crippen LogP contribution in [0.25, 0.3) is 0 Å². The number of hydrogen-bond acceptors (Lipinski definition) is 3. The van der Waals surface area contributed by atoms with Gasteiger partial charge in [0.2, 0.25) is 0 Å². The summed E-state index contributed by atoms with van der Waals surface area (Å²) in [5.41, 5.74) is 6.50. The summed E-state index contributed by atoms with van der Waals surface area (Å²) in [5.74, 6) is 0. The zero-order chi connectivity index (χ0) is 11.5. The van der Waals surface area contributed by atoms with Gasteiger partial charge in [-0.05, 0) is 31.4 Å². The quantitative estimate of drug-likeness (QED) is 0.802. The maximum atomic E-state index is 11.4. The molecule has 1 heterocycles. The minimum absolute atomic E-state index is 0.0478. The molecule has 0 amide bonds. The second kappa shape index (κ2) is 4.57. The molecule has 84 valence electrons. The van der Waals surface area contributed by atoms with Gasteiger partial charge in [0.05, 0.1) is 5.69 Å². The first kappa shape index (κ1) is 11.9. The third kappa shape index (κ3) is 3.47. The Morgan fingerprint density at radius 2 is 2.13 bits per heavy atom. The third-order valence-electron chi connectivity index (χ3n) is 2.55. The molecule has 1 rings (SSSR count). The molecule has 4 heteroatoms. The lowest BCUT2D eigenvalue weighted by molar-refractivity contribution is 0.312. The summed E-state index contributed by atoms with van der Waals surface area (Å²) in [6.45, 7) is 7.31. The fourth-order valence-corrected chi connectivity index (χ4v) is 1.22. The van der Waals surface area contributed by atoms with Gasteiger partial charge in [-0.2, -0.15) is 5.10 Å². The topological polar surface area (TPSA) is 60.9 Å². The average Bonchev–Trinajstić information content (AvgIpc) is 2.20. The predicted octanol–water partition coefficient (Wildman–Crippen LogP) is 0.927. The van der Waals surface area contributed by atoms with Crippen molar-refractivity contribution in [3.8, 4) is 0 Å². The molecule has 0 unspecified atom stereocenters. The number of aryl methyl sites for hydroxylation is 2. The van der Waals surface area contributed by atoms with E-state index in [1.807, 2.05) is 6.92 Å².